The van der Waals surface area contributed by atoms with Gasteiger partial charge in [0, 0.05) is 31.7 Å². The minimum absolute atomic E-state index is 0.420. The average Bonchev–Trinajstić information content (AvgIpc) is 2.28. The van der Waals surface area contributed by atoms with E-state index in [9.17, 15) is 0 Å². The van der Waals surface area contributed by atoms with Crippen LogP contribution in [0.4, 0.5) is 0 Å². The summed E-state index contributed by atoms with van der Waals surface area (Å²) in [5, 5.41) is 3.67. The molecule has 1 fully saturated rings. The van der Waals surface area contributed by atoms with E-state index < -0.39 is 0 Å². The summed E-state index contributed by atoms with van der Waals surface area (Å²) in [5.41, 5.74) is 0.420. The molecule has 0 aliphatic carbocycles. The molecule has 0 amide bonds. The Balaban J connectivity index is 2.64. The van der Waals surface area contributed by atoms with Gasteiger partial charge in [0.15, 0.2) is 0 Å². The van der Waals surface area contributed by atoms with Crippen molar-refractivity contribution in [2.75, 3.05) is 19.6 Å². The summed E-state index contributed by atoms with van der Waals surface area (Å²) >= 11 is 0. The van der Waals surface area contributed by atoms with E-state index in [4.69, 9.17) is 0 Å². The molecule has 0 spiro atoms. The zero-order chi connectivity index (χ0) is 13.1. The minimum Gasteiger partial charge on any atom is -0.311 e. The molecule has 2 unspecified atom stereocenters. The molecular weight excluding hydrogens is 208 g/mol. The van der Waals surface area contributed by atoms with E-state index in [2.05, 4.69) is 51.8 Å². The summed E-state index contributed by atoms with van der Waals surface area (Å²) in [4.78, 5) is 2.73. The monoisotopic (exact) mass is 240 g/mol. The fourth-order valence-corrected chi connectivity index (χ4v) is 2.50. The van der Waals surface area contributed by atoms with Crippen LogP contribution in [0.1, 0.15) is 54.4 Å². The Morgan fingerprint density at radius 3 is 2.35 bits per heavy atom. The lowest BCUT2D eigenvalue weighted by atomic mass is 9.80. The Kier molecular flexibility index (Phi) is 5.46. The average molecular weight is 240 g/mol. The molecule has 17 heavy (non-hydrogen) atoms. The van der Waals surface area contributed by atoms with Crippen molar-refractivity contribution in [3.05, 3.63) is 0 Å². The van der Waals surface area contributed by atoms with Crippen LogP contribution in [0, 0.1) is 11.3 Å². The SMILES string of the molecule is CCC1CN(CC(C)(C)C(C)C)C(CC)CN1. The Bertz CT molecular complexity index is 223. The molecule has 102 valence electrons. The van der Waals surface area contributed by atoms with Crippen LogP contribution < -0.4 is 5.32 Å². The number of rotatable bonds is 5. The van der Waals surface area contributed by atoms with E-state index in [0.29, 0.717) is 11.5 Å². The van der Waals surface area contributed by atoms with Crippen LogP contribution in [0.5, 0.6) is 0 Å². The first-order valence-electron chi connectivity index (χ1n) is 7.38. The highest BCUT2D eigenvalue weighted by molar-refractivity contribution is 4.88. The highest BCUT2D eigenvalue weighted by Gasteiger charge is 2.32. The van der Waals surface area contributed by atoms with Crippen LogP contribution in [-0.4, -0.2) is 36.6 Å². The van der Waals surface area contributed by atoms with E-state index in [1.807, 2.05) is 0 Å². The van der Waals surface area contributed by atoms with Crippen molar-refractivity contribution in [3.63, 3.8) is 0 Å². The Morgan fingerprint density at radius 1 is 1.24 bits per heavy atom. The molecule has 1 aliphatic rings. The summed E-state index contributed by atoms with van der Waals surface area (Å²) in [6.45, 7) is 17.8. The molecule has 1 aliphatic heterocycles. The number of piperazine rings is 1. The summed E-state index contributed by atoms with van der Waals surface area (Å²) in [6, 6.07) is 1.43. The second kappa shape index (κ2) is 6.19. The summed E-state index contributed by atoms with van der Waals surface area (Å²) in [7, 11) is 0. The van der Waals surface area contributed by atoms with Crippen molar-refractivity contribution in [1.82, 2.24) is 10.2 Å². The molecular formula is C15H32N2. The lowest BCUT2D eigenvalue weighted by molar-refractivity contribution is 0.0613. The summed E-state index contributed by atoms with van der Waals surface area (Å²) < 4.78 is 0. The van der Waals surface area contributed by atoms with Crippen LogP contribution in [0.3, 0.4) is 0 Å². The van der Waals surface area contributed by atoms with Crippen molar-refractivity contribution in [1.29, 1.82) is 0 Å². The van der Waals surface area contributed by atoms with Crippen LogP contribution in [0.2, 0.25) is 0 Å². The quantitative estimate of drug-likeness (QED) is 0.794. The summed E-state index contributed by atoms with van der Waals surface area (Å²) in [5.74, 6) is 0.745. The number of nitrogens with one attached hydrogen (secondary N) is 1. The van der Waals surface area contributed by atoms with Gasteiger partial charge in [0.2, 0.25) is 0 Å². The van der Waals surface area contributed by atoms with E-state index in [-0.39, 0.29) is 0 Å². The highest BCUT2D eigenvalue weighted by Crippen LogP contribution is 2.29. The first-order chi connectivity index (χ1) is 7.90. The largest absolute Gasteiger partial charge is 0.311 e. The zero-order valence-corrected chi connectivity index (χ0v) is 12.7. The minimum atomic E-state index is 0.420. The molecule has 2 nitrogen and oxygen atoms in total. The molecule has 1 rings (SSSR count). The maximum atomic E-state index is 3.67. The van der Waals surface area contributed by atoms with Gasteiger partial charge in [-0.3, -0.25) is 4.90 Å². The molecule has 0 saturated carbocycles. The fraction of sp³-hybridized carbons (Fsp3) is 1.00. The fourth-order valence-electron chi connectivity index (χ4n) is 2.50. The first-order valence-corrected chi connectivity index (χ1v) is 7.38. The molecule has 1 heterocycles. The van der Waals surface area contributed by atoms with E-state index in [1.165, 1.54) is 32.5 Å². The van der Waals surface area contributed by atoms with Gasteiger partial charge in [-0.1, -0.05) is 41.5 Å². The standard InChI is InChI=1S/C15H32N2/c1-7-13-10-17(14(8-2)9-16-13)11-15(5,6)12(3)4/h12-14,16H,7-11H2,1-6H3. The number of nitrogens with zero attached hydrogens (tertiary/aromatic N) is 1. The van der Waals surface area contributed by atoms with Gasteiger partial charge in [0.25, 0.3) is 0 Å². The van der Waals surface area contributed by atoms with Gasteiger partial charge < -0.3 is 5.32 Å². The Morgan fingerprint density at radius 2 is 1.88 bits per heavy atom. The molecule has 0 bridgehead atoms. The molecule has 0 aromatic carbocycles. The van der Waals surface area contributed by atoms with Crippen molar-refractivity contribution in [2.45, 2.75) is 66.5 Å². The smallest absolute Gasteiger partial charge is 0.0219 e. The Labute approximate surface area is 108 Å². The predicted molar refractivity (Wildman–Crippen MR) is 76.4 cm³/mol. The second-order valence-electron chi connectivity index (χ2n) is 6.65. The van der Waals surface area contributed by atoms with Gasteiger partial charge in [0.1, 0.15) is 0 Å². The van der Waals surface area contributed by atoms with Crippen molar-refractivity contribution in [2.24, 2.45) is 11.3 Å². The van der Waals surface area contributed by atoms with Gasteiger partial charge in [-0.25, -0.2) is 0 Å². The Hall–Kier alpha value is -0.0800. The van der Waals surface area contributed by atoms with Crippen LogP contribution >= 0.6 is 0 Å². The number of hydrogen-bond acceptors (Lipinski definition) is 2. The molecule has 2 heteroatoms. The lowest BCUT2D eigenvalue weighted by Crippen LogP contribution is -2.58. The van der Waals surface area contributed by atoms with Gasteiger partial charge in [-0.2, -0.15) is 0 Å². The maximum Gasteiger partial charge on any atom is 0.0219 e. The zero-order valence-electron chi connectivity index (χ0n) is 12.7. The first kappa shape index (κ1) is 15.0. The highest BCUT2D eigenvalue weighted by atomic mass is 15.2. The van der Waals surface area contributed by atoms with Gasteiger partial charge in [-0.05, 0) is 24.2 Å². The third kappa shape index (κ3) is 3.96. The third-order valence-corrected chi connectivity index (χ3v) is 4.75. The van der Waals surface area contributed by atoms with Crippen molar-refractivity contribution in [3.8, 4) is 0 Å². The second-order valence-corrected chi connectivity index (χ2v) is 6.65. The van der Waals surface area contributed by atoms with Crippen molar-refractivity contribution >= 4 is 0 Å². The maximum absolute atomic E-state index is 3.67. The normalized spacial score (nSPS) is 27.7. The van der Waals surface area contributed by atoms with Crippen LogP contribution in [0.25, 0.3) is 0 Å². The molecule has 0 aromatic heterocycles. The molecule has 1 N–H and O–H groups in total. The van der Waals surface area contributed by atoms with Gasteiger partial charge in [0.05, 0.1) is 0 Å². The van der Waals surface area contributed by atoms with Crippen LogP contribution in [0.15, 0.2) is 0 Å². The number of hydrogen-bond donors (Lipinski definition) is 1. The van der Waals surface area contributed by atoms with E-state index in [0.717, 1.165) is 12.0 Å². The van der Waals surface area contributed by atoms with E-state index >= 15 is 0 Å². The molecule has 1 saturated heterocycles. The molecule has 2 atom stereocenters. The van der Waals surface area contributed by atoms with E-state index in [1.54, 1.807) is 0 Å². The third-order valence-electron chi connectivity index (χ3n) is 4.75. The van der Waals surface area contributed by atoms with Gasteiger partial charge in [-0.15, -0.1) is 0 Å². The lowest BCUT2D eigenvalue weighted by Gasteiger charge is -2.44. The summed E-state index contributed by atoms with van der Waals surface area (Å²) in [6.07, 6.45) is 2.51. The molecule has 0 aromatic rings. The van der Waals surface area contributed by atoms with Crippen LogP contribution in [-0.2, 0) is 0 Å². The van der Waals surface area contributed by atoms with Gasteiger partial charge >= 0.3 is 0 Å². The molecule has 0 radical (unpaired) electrons. The topological polar surface area (TPSA) is 15.3 Å². The van der Waals surface area contributed by atoms with Crippen molar-refractivity contribution < 1.29 is 0 Å². The predicted octanol–water partition coefficient (Wildman–Crippen LogP) is 3.13.